The molecule has 1 N–H and O–H groups in total. The number of halogens is 6. The van der Waals surface area contributed by atoms with Crippen molar-refractivity contribution in [2.24, 2.45) is 0 Å². The monoisotopic (exact) mass is 463 g/mol. The Morgan fingerprint density at radius 2 is 1.27 bits per heavy atom. The zero-order valence-corrected chi connectivity index (χ0v) is 16.7. The van der Waals surface area contributed by atoms with Crippen LogP contribution < -0.4 is 5.56 Å². The lowest BCUT2D eigenvalue weighted by atomic mass is 9.98. The molecule has 0 saturated heterocycles. The van der Waals surface area contributed by atoms with Gasteiger partial charge in [-0.15, -0.1) is 0 Å². The summed E-state index contributed by atoms with van der Waals surface area (Å²) in [6.45, 7) is -0.315. The van der Waals surface area contributed by atoms with Crippen molar-refractivity contribution in [2.45, 2.75) is 19.0 Å². The van der Waals surface area contributed by atoms with Crippen LogP contribution in [-0.4, -0.2) is 9.67 Å². The summed E-state index contributed by atoms with van der Waals surface area (Å²) < 4.78 is 78.8. The van der Waals surface area contributed by atoms with Gasteiger partial charge in [-0.1, -0.05) is 18.2 Å². The predicted molar refractivity (Wildman–Crippen MR) is 111 cm³/mol. The van der Waals surface area contributed by atoms with E-state index in [1.165, 1.54) is 30.5 Å². The van der Waals surface area contributed by atoms with Gasteiger partial charge in [-0.25, -0.2) is 0 Å². The molecule has 0 atom stereocenters. The Balaban J connectivity index is 1.95. The Morgan fingerprint density at radius 1 is 0.727 bits per heavy atom. The van der Waals surface area contributed by atoms with E-state index in [0.29, 0.717) is 22.1 Å². The Labute approximate surface area is 183 Å². The maximum absolute atomic E-state index is 13.1. The van der Waals surface area contributed by atoms with Crippen molar-refractivity contribution in [3.8, 4) is 16.8 Å². The summed E-state index contributed by atoms with van der Waals surface area (Å²) >= 11 is 0. The molecule has 0 spiro atoms. The number of rotatable bonds is 3. The van der Waals surface area contributed by atoms with E-state index >= 15 is 0 Å². The average Bonchev–Trinajstić information content (AvgIpc) is 2.78. The van der Waals surface area contributed by atoms with E-state index in [1.807, 2.05) is 0 Å². The number of fused-ring (bicyclic) bond motifs is 1. The molecule has 0 aliphatic carbocycles. The first kappa shape index (κ1) is 22.6. The SMILES string of the molecule is O=c1c2ccc(CO)cc2c(-c2ccc(C(F)(F)F)cc2)cn1-c1ccc(C(F)(F)F)cc1. The van der Waals surface area contributed by atoms with E-state index in [0.717, 1.165) is 41.0 Å². The second kappa shape index (κ2) is 8.08. The molecule has 1 aromatic heterocycles. The highest BCUT2D eigenvalue weighted by molar-refractivity contribution is 5.96. The number of aromatic nitrogens is 1. The number of nitrogens with zero attached hydrogens (tertiary/aromatic N) is 1. The lowest BCUT2D eigenvalue weighted by Crippen LogP contribution is -2.19. The van der Waals surface area contributed by atoms with Gasteiger partial charge in [0.25, 0.3) is 5.56 Å². The maximum atomic E-state index is 13.1. The smallest absolute Gasteiger partial charge is 0.392 e. The first-order valence-electron chi connectivity index (χ1n) is 9.63. The number of aliphatic hydroxyl groups is 1. The van der Waals surface area contributed by atoms with E-state index in [9.17, 15) is 36.2 Å². The molecule has 9 heteroatoms. The highest BCUT2D eigenvalue weighted by Crippen LogP contribution is 2.34. The number of aliphatic hydroxyl groups excluding tert-OH is 1. The molecule has 3 nitrogen and oxygen atoms in total. The standard InChI is InChI=1S/C24H15F6NO2/c25-23(26,27)16-4-2-15(3-5-16)21-12-31(18-8-6-17(7-9-18)24(28,29)30)22(33)19-10-1-14(13-32)11-20(19)21/h1-12,32H,13H2. The van der Waals surface area contributed by atoms with Crippen molar-refractivity contribution in [1.82, 2.24) is 4.57 Å². The van der Waals surface area contributed by atoms with Crippen LogP contribution in [0.15, 0.2) is 77.7 Å². The van der Waals surface area contributed by atoms with Crippen LogP contribution in [-0.2, 0) is 19.0 Å². The number of pyridine rings is 1. The van der Waals surface area contributed by atoms with Crippen molar-refractivity contribution in [3.63, 3.8) is 0 Å². The molecule has 0 radical (unpaired) electrons. The summed E-state index contributed by atoms with van der Waals surface area (Å²) in [7, 11) is 0. The summed E-state index contributed by atoms with van der Waals surface area (Å²) in [6, 6.07) is 12.9. The van der Waals surface area contributed by atoms with Crippen LogP contribution in [0.4, 0.5) is 26.3 Å². The predicted octanol–water partition coefficient (Wildman–Crippen LogP) is 6.19. The summed E-state index contributed by atoms with van der Waals surface area (Å²) in [5.41, 5.74) is -0.850. The molecular weight excluding hydrogens is 448 g/mol. The number of benzene rings is 3. The Morgan fingerprint density at radius 3 is 1.79 bits per heavy atom. The van der Waals surface area contributed by atoms with Gasteiger partial charge < -0.3 is 5.11 Å². The zero-order chi connectivity index (χ0) is 24.0. The van der Waals surface area contributed by atoms with E-state index in [4.69, 9.17) is 0 Å². The second-order valence-electron chi connectivity index (χ2n) is 7.38. The number of hydrogen-bond donors (Lipinski definition) is 1. The van der Waals surface area contributed by atoms with Gasteiger partial charge in [0.05, 0.1) is 17.7 Å². The van der Waals surface area contributed by atoms with E-state index in [1.54, 1.807) is 6.07 Å². The van der Waals surface area contributed by atoms with Gasteiger partial charge in [0.2, 0.25) is 0 Å². The van der Waals surface area contributed by atoms with E-state index in [2.05, 4.69) is 0 Å². The van der Waals surface area contributed by atoms with Crippen molar-refractivity contribution in [3.05, 3.63) is 100.0 Å². The van der Waals surface area contributed by atoms with Gasteiger partial charge in [0, 0.05) is 22.8 Å². The minimum atomic E-state index is -4.54. The molecule has 0 aliphatic heterocycles. The quantitative estimate of drug-likeness (QED) is 0.369. The minimum Gasteiger partial charge on any atom is -0.392 e. The van der Waals surface area contributed by atoms with Crippen LogP contribution >= 0.6 is 0 Å². The Hall–Kier alpha value is -3.59. The lowest BCUT2D eigenvalue weighted by Gasteiger charge is -2.15. The van der Waals surface area contributed by atoms with Gasteiger partial charge in [0.15, 0.2) is 0 Å². The van der Waals surface area contributed by atoms with Crippen LogP contribution in [0.2, 0.25) is 0 Å². The molecule has 0 bridgehead atoms. The minimum absolute atomic E-state index is 0.161. The zero-order valence-electron chi connectivity index (χ0n) is 16.7. The summed E-state index contributed by atoms with van der Waals surface area (Å²) in [6.07, 6.45) is -7.69. The first-order chi connectivity index (χ1) is 15.5. The van der Waals surface area contributed by atoms with Crippen LogP contribution in [0.1, 0.15) is 16.7 Å². The normalized spacial score (nSPS) is 12.3. The average molecular weight is 463 g/mol. The molecule has 33 heavy (non-hydrogen) atoms. The molecule has 0 amide bonds. The fraction of sp³-hybridized carbons (Fsp3) is 0.125. The fourth-order valence-electron chi connectivity index (χ4n) is 3.56. The van der Waals surface area contributed by atoms with Crippen molar-refractivity contribution in [2.75, 3.05) is 0 Å². The first-order valence-corrected chi connectivity index (χ1v) is 9.63. The van der Waals surface area contributed by atoms with Crippen molar-refractivity contribution >= 4 is 10.8 Å². The maximum Gasteiger partial charge on any atom is 0.416 e. The van der Waals surface area contributed by atoms with Crippen LogP contribution in [0.3, 0.4) is 0 Å². The van der Waals surface area contributed by atoms with E-state index in [-0.39, 0.29) is 17.7 Å². The molecule has 170 valence electrons. The summed E-state index contributed by atoms with van der Waals surface area (Å²) in [5, 5.41) is 10.1. The fourth-order valence-corrected chi connectivity index (χ4v) is 3.56. The van der Waals surface area contributed by atoms with E-state index < -0.39 is 29.0 Å². The van der Waals surface area contributed by atoms with Crippen LogP contribution in [0.25, 0.3) is 27.6 Å². The summed E-state index contributed by atoms with van der Waals surface area (Å²) in [4.78, 5) is 13.1. The molecule has 3 aromatic carbocycles. The van der Waals surface area contributed by atoms with Crippen molar-refractivity contribution < 1.29 is 31.4 Å². The molecule has 4 aromatic rings. The summed E-state index contributed by atoms with van der Waals surface area (Å²) in [5.74, 6) is 0. The topological polar surface area (TPSA) is 42.2 Å². The Bertz CT molecular complexity index is 1370. The van der Waals surface area contributed by atoms with Crippen molar-refractivity contribution in [1.29, 1.82) is 0 Å². The molecule has 0 unspecified atom stereocenters. The molecule has 0 fully saturated rings. The second-order valence-corrected chi connectivity index (χ2v) is 7.38. The van der Waals surface area contributed by atoms with Gasteiger partial charge in [0.1, 0.15) is 0 Å². The third kappa shape index (κ3) is 4.36. The largest absolute Gasteiger partial charge is 0.416 e. The number of hydrogen-bond acceptors (Lipinski definition) is 2. The highest BCUT2D eigenvalue weighted by Gasteiger charge is 2.31. The van der Waals surface area contributed by atoms with Gasteiger partial charge >= 0.3 is 12.4 Å². The lowest BCUT2D eigenvalue weighted by molar-refractivity contribution is -0.138. The molecular formula is C24H15F6NO2. The number of alkyl halides is 6. The Kier molecular flexibility index (Phi) is 5.53. The van der Waals surface area contributed by atoms with Gasteiger partial charge in [-0.2, -0.15) is 26.3 Å². The van der Waals surface area contributed by atoms with Gasteiger partial charge in [-0.05, 0) is 65.0 Å². The molecule has 1 heterocycles. The highest BCUT2D eigenvalue weighted by atomic mass is 19.4. The third-order valence-electron chi connectivity index (χ3n) is 5.26. The molecule has 0 aliphatic rings. The molecule has 4 rings (SSSR count). The van der Waals surface area contributed by atoms with Gasteiger partial charge in [-0.3, -0.25) is 9.36 Å². The molecule has 0 saturated carbocycles. The van der Waals surface area contributed by atoms with Crippen LogP contribution in [0.5, 0.6) is 0 Å². The third-order valence-corrected chi connectivity index (χ3v) is 5.26. The van der Waals surface area contributed by atoms with Crippen LogP contribution in [0, 0.1) is 0 Å².